The molecule has 0 unspecified atom stereocenters. The number of rotatable bonds is 6. The minimum absolute atomic E-state index is 0.0961. The molecule has 0 aliphatic heterocycles. The molecule has 0 aliphatic carbocycles. The zero-order valence-electron chi connectivity index (χ0n) is 13.4. The lowest BCUT2D eigenvalue weighted by Gasteiger charge is -2.08. The van der Waals surface area contributed by atoms with Crippen molar-refractivity contribution in [3.8, 4) is 0 Å². The van der Waals surface area contributed by atoms with E-state index in [4.69, 9.17) is 16.3 Å². The maximum atomic E-state index is 13.6. The Balaban J connectivity index is 2.00. The van der Waals surface area contributed by atoms with Crippen molar-refractivity contribution in [3.05, 3.63) is 62.9 Å². The Morgan fingerprint density at radius 2 is 1.92 bits per heavy atom. The van der Waals surface area contributed by atoms with Gasteiger partial charge in [0.2, 0.25) is 0 Å². The van der Waals surface area contributed by atoms with Crippen LogP contribution in [0.3, 0.4) is 0 Å². The van der Waals surface area contributed by atoms with E-state index in [1.54, 1.807) is 0 Å². The van der Waals surface area contributed by atoms with Crippen molar-refractivity contribution < 1.29 is 23.6 Å². The van der Waals surface area contributed by atoms with E-state index >= 15 is 0 Å². The van der Waals surface area contributed by atoms with E-state index in [1.165, 1.54) is 31.3 Å². The Morgan fingerprint density at radius 1 is 1.23 bits per heavy atom. The molecule has 2 aromatic rings. The third-order valence-corrected chi connectivity index (χ3v) is 3.47. The molecule has 0 aliphatic rings. The van der Waals surface area contributed by atoms with E-state index in [0.717, 1.165) is 12.1 Å². The fraction of sp³-hybridized carbons (Fsp3) is 0.125. The van der Waals surface area contributed by atoms with Gasteiger partial charge in [0, 0.05) is 18.1 Å². The van der Waals surface area contributed by atoms with Crippen LogP contribution < -0.4 is 10.6 Å². The van der Waals surface area contributed by atoms with E-state index in [0.29, 0.717) is 0 Å². The van der Waals surface area contributed by atoms with E-state index in [9.17, 15) is 24.1 Å². The number of amides is 1. The first-order chi connectivity index (χ1) is 12.3. The quantitative estimate of drug-likeness (QED) is 0.451. The summed E-state index contributed by atoms with van der Waals surface area (Å²) in [5.41, 5.74) is -0.303. The molecule has 2 rings (SSSR count). The van der Waals surface area contributed by atoms with Crippen LogP contribution in [0, 0.1) is 15.9 Å². The Bertz CT molecular complexity index is 875. The number of hydrogen-bond acceptors (Lipinski definition) is 6. The number of ether oxygens (including phenoxy) is 1. The van der Waals surface area contributed by atoms with Crippen LogP contribution in [0.25, 0.3) is 0 Å². The molecule has 0 bridgehead atoms. The lowest BCUT2D eigenvalue weighted by atomic mass is 10.1. The van der Waals surface area contributed by atoms with Crippen molar-refractivity contribution in [2.24, 2.45) is 0 Å². The van der Waals surface area contributed by atoms with Crippen molar-refractivity contribution in [1.82, 2.24) is 0 Å². The van der Waals surface area contributed by atoms with Gasteiger partial charge in [0.15, 0.2) is 6.61 Å². The lowest BCUT2D eigenvalue weighted by Crippen LogP contribution is -2.21. The number of nitrogens with one attached hydrogen (secondary N) is 2. The average molecular weight is 382 g/mol. The number of nitrogens with zero attached hydrogens (tertiary/aromatic N) is 1. The SMILES string of the molecule is CNc1ccc(C(=O)OCC(=O)Nc2ccc(Cl)cc2F)cc1[N+](=O)[O-]. The zero-order chi connectivity index (χ0) is 19.3. The number of anilines is 2. The van der Waals surface area contributed by atoms with E-state index < -0.39 is 29.2 Å². The van der Waals surface area contributed by atoms with Crippen LogP contribution in [-0.4, -0.2) is 30.5 Å². The molecule has 0 radical (unpaired) electrons. The monoisotopic (exact) mass is 381 g/mol. The molecule has 26 heavy (non-hydrogen) atoms. The highest BCUT2D eigenvalue weighted by Gasteiger charge is 2.18. The topological polar surface area (TPSA) is 111 Å². The number of esters is 1. The number of halogens is 2. The summed E-state index contributed by atoms with van der Waals surface area (Å²) in [6.45, 7) is -0.692. The Hall–Kier alpha value is -3.20. The number of carbonyl (C=O) groups is 2. The highest BCUT2D eigenvalue weighted by Crippen LogP contribution is 2.25. The second-order valence-electron chi connectivity index (χ2n) is 4.99. The van der Waals surface area contributed by atoms with Crippen molar-refractivity contribution in [3.63, 3.8) is 0 Å². The Kier molecular flexibility index (Phi) is 6.07. The number of hydrogen-bond donors (Lipinski definition) is 2. The molecule has 1 amide bonds. The molecule has 0 heterocycles. The Labute approximate surface area is 152 Å². The van der Waals surface area contributed by atoms with Crippen LogP contribution in [0.5, 0.6) is 0 Å². The molecule has 136 valence electrons. The summed E-state index contributed by atoms with van der Waals surface area (Å²) in [4.78, 5) is 34.0. The predicted octanol–water partition coefficient (Wildman–Crippen LogP) is 3.22. The van der Waals surface area contributed by atoms with Gasteiger partial charge in [-0.2, -0.15) is 0 Å². The van der Waals surface area contributed by atoms with Crippen LogP contribution in [-0.2, 0) is 9.53 Å². The Morgan fingerprint density at radius 3 is 2.54 bits per heavy atom. The number of carbonyl (C=O) groups excluding carboxylic acids is 2. The van der Waals surface area contributed by atoms with Gasteiger partial charge in [-0.25, -0.2) is 9.18 Å². The van der Waals surface area contributed by atoms with Gasteiger partial charge in [0.05, 0.1) is 16.2 Å². The summed E-state index contributed by atoms with van der Waals surface area (Å²) in [5.74, 6) is -2.45. The maximum absolute atomic E-state index is 13.6. The molecule has 0 saturated heterocycles. The van der Waals surface area contributed by atoms with Crippen LogP contribution in [0.4, 0.5) is 21.5 Å². The van der Waals surface area contributed by atoms with Gasteiger partial charge < -0.3 is 15.4 Å². The first-order valence-corrected chi connectivity index (χ1v) is 7.58. The van der Waals surface area contributed by atoms with Gasteiger partial charge in [-0.15, -0.1) is 0 Å². The van der Waals surface area contributed by atoms with Gasteiger partial charge in [0.25, 0.3) is 11.6 Å². The molecule has 2 aromatic carbocycles. The number of nitro groups is 1. The summed E-state index contributed by atoms with van der Waals surface area (Å²) in [6, 6.07) is 7.36. The lowest BCUT2D eigenvalue weighted by molar-refractivity contribution is -0.384. The molecular weight excluding hydrogens is 369 g/mol. The fourth-order valence-corrected chi connectivity index (χ4v) is 2.17. The highest BCUT2D eigenvalue weighted by atomic mass is 35.5. The standard InChI is InChI=1S/C16H13ClFN3O5/c1-19-13-4-2-9(6-14(13)21(24)25)16(23)26-8-15(22)20-12-5-3-10(17)7-11(12)18/h2-7,19H,8H2,1H3,(H,20,22). The van der Waals surface area contributed by atoms with Gasteiger partial charge in [-0.05, 0) is 30.3 Å². The smallest absolute Gasteiger partial charge is 0.338 e. The summed E-state index contributed by atoms with van der Waals surface area (Å²) < 4.78 is 18.4. The van der Waals surface area contributed by atoms with E-state index in [-0.39, 0.29) is 27.6 Å². The number of benzene rings is 2. The predicted molar refractivity (Wildman–Crippen MR) is 93.0 cm³/mol. The summed E-state index contributed by atoms with van der Waals surface area (Å²) in [6.07, 6.45) is 0. The molecular formula is C16H13ClFN3O5. The number of nitro benzene ring substituents is 1. The second kappa shape index (κ2) is 8.26. The minimum Gasteiger partial charge on any atom is -0.452 e. The fourth-order valence-electron chi connectivity index (χ4n) is 2.01. The van der Waals surface area contributed by atoms with Gasteiger partial charge in [-0.3, -0.25) is 14.9 Å². The third-order valence-electron chi connectivity index (χ3n) is 3.24. The van der Waals surface area contributed by atoms with Crippen LogP contribution in [0.2, 0.25) is 5.02 Å². The molecule has 0 fully saturated rings. The maximum Gasteiger partial charge on any atom is 0.338 e. The third kappa shape index (κ3) is 4.67. The zero-order valence-corrected chi connectivity index (χ0v) is 14.2. The molecule has 2 N–H and O–H groups in total. The highest BCUT2D eigenvalue weighted by molar-refractivity contribution is 6.30. The summed E-state index contributed by atoms with van der Waals surface area (Å²) in [5, 5.41) is 16.0. The second-order valence-corrected chi connectivity index (χ2v) is 5.42. The first kappa shape index (κ1) is 19.1. The molecule has 0 atom stereocenters. The largest absolute Gasteiger partial charge is 0.452 e. The van der Waals surface area contributed by atoms with Crippen LogP contribution in [0.15, 0.2) is 36.4 Å². The van der Waals surface area contributed by atoms with Gasteiger partial charge in [-0.1, -0.05) is 11.6 Å². The molecule has 10 heteroatoms. The molecule has 0 aromatic heterocycles. The molecule has 0 saturated carbocycles. The van der Waals surface area contributed by atoms with E-state index in [1.807, 2.05) is 0 Å². The van der Waals surface area contributed by atoms with Crippen molar-refractivity contribution in [1.29, 1.82) is 0 Å². The summed E-state index contributed by atoms with van der Waals surface area (Å²) in [7, 11) is 1.50. The van der Waals surface area contributed by atoms with Gasteiger partial charge >= 0.3 is 5.97 Å². The minimum atomic E-state index is -0.928. The average Bonchev–Trinajstić information content (AvgIpc) is 2.61. The first-order valence-electron chi connectivity index (χ1n) is 7.20. The van der Waals surface area contributed by atoms with Gasteiger partial charge in [0.1, 0.15) is 11.5 Å². The van der Waals surface area contributed by atoms with Crippen molar-refractivity contribution in [2.75, 3.05) is 24.3 Å². The van der Waals surface area contributed by atoms with Crippen LogP contribution in [0.1, 0.15) is 10.4 Å². The molecule has 0 spiro atoms. The van der Waals surface area contributed by atoms with Crippen molar-refractivity contribution in [2.45, 2.75) is 0 Å². The van der Waals surface area contributed by atoms with Crippen molar-refractivity contribution >= 4 is 40.5 Å². The van der Waals surface area contributed by atoms with E-state index in [2.05, 4.69) is 10.6 Å². The molecule has 8 nitrogen and oxygen atoms in total. The normalized spacial score (nSPS) is 10.1. The summed E-state index contributed by atoms with van der Waals surface area (Å²) >= 11 is 5.61. The van der Waals surface area contributed by atoms with Crippen LogP contribution >= 0.6 is 11.6 Å².